The summed E-state index contributed by atoms with van der Waals surface area (Å²) < 4.78 is 27.4. The van der Waals surface area contributed by atoms with E-state index in [4.69, 9.17) is 10.8 Å². The number of alkyl halides is 1. The summed E-state index contributed by atoms with van der Waals surface area (Å²) in [7, 11) is 0. The van der Waals surface area contributed by atoms with Crippen molar-refractivity contribution in [1.29, 1.82) is 0 Å². The summed E-state index contributed by atoms with van der Waals surface area (Å²) in [6, 6.07) is 4.12. The molecule has 0 aromatic heterocycles. The van der Waals surface area contributed by atoms with Crippen LogP contribution in [0.2, 0.25) is 0 Å². The summed E-state index contributed by atoms with van der Waals surface area (Å²) in [5, 5.41) is 8.70. The van der Waals surface area contributed by atoms with Crippen LogP contribution in [0, 0.1) is 5.82 Å². The quantitative estimate of drug-likeness (QED) is 0.890. The third-order valence-electron chi connectivity index (χ3n) is 2.32. The molecule has 0 radical (unpaired) electrons. The molecule has 0 saturated heterocycles. The van der Waals surface area contributed by atoms with Crippen molar-refractivity contribution in [2.45, 2.75) is 18.6 Å². The van der Waals surface area contributed by atoms with Crippen LogP contribution < -0.4 is 5.73 Å². The van der Waals surface area contributed by atoms with Crippen molar-refractivity contribution in [2.24, 2.45) is 5.73 Å². The second-order valence-corrected chi connectivity index (χ2v) is 4.47. The van der Waals surface area contributed by atoms with E-state index in [0.717, 1.165) is 0 Å². The Morgan fingerprint density at radius 3 is 2.73 bits per heavy atom. The number of rotatable bonds is 3. The maximum absolute atomic E-state index is 13.4. The highest BCUT2D eigenvalue weighted by atomic mass is 79.9. The molecule has 0 aliphatic rings. The molecule has 84 valence electrons. The molecular formula is C10H12BrF2NO. The van der Waals surface area contributed by atoms with Crippen molar-refractivity contribution in [3.8, 4) is 0 Å². The highest BCUT2D eigenvalue weighted by Crippen LogP contribution is 2.28. The fourth-order valence-electron chi connectivity index (χ4n) is 1.27. The van der Waals surface area contributed by atoms with E-state index in [1.807, 2.05) is 0 Å². The van der Waals surface area contributed by atoms with Crippen molar-refractivity contribution >= 4 is 15.9 Å². The van der Waals surface area contributed by atoms with Gasteiger partial charge in [0.1, 0.15) is 12.0 Å². The highest BCUT2D eigenvalue weighted by Gasteiger charge is 2.34. The number of hydrogen-bond donors (Lipinski definition) is 2. The molecule has 2 nitrogen and oxygen atoms in total. The van der Waals surface area contributed by atoms with Crippen LogP contribution in [0.15, 0.2) is 22.7 Å². The standard InChI is InChI=1S/C10H12BrF2NO/c1-10(14,9(13)5-15)7-4-6(11)2-3-8(7)12/h2-4,9,15H,5,14H2,1H3/t9-,10+/m0/s1. The average molecular weight is 280 g/mol. The minimum Gasteiger partial charge on any atom is -0.393 e. The Labute approximate surface area is 95.2 Å². The SMILES string of the molecule is C[C@@](N)(c1cc(Br)ccc1F)[C@@H](F)CO. The van der Waals surface area contributed by atoms with Crippen molar-refractivity contribution in [1.82, 2.24) is 0 Å². The normalized spacial score (nSPS) is 17.2. The molecule has 0 fully saturated rings. The minimum atomic E-state index is -1.71. The second-order valence-electron chi connectivity index (χ2n) is 3.56. The predicted molar refractivity (Wildman–Crippen MR) is 57.6 cm³/mol. The lowest BCUT2D eigenvalue weighted by Gasteiger charge is -2.28. The Balaban J connectivity index is 3.19. The van der Waals surface area contributed by atoms with E-state index in [1.54, 1.807) is 0 Å². The van der Waals surface area contributed by atoms with E-state index in [0.29, 0.717) is 4.47 Å². The molecule has 15 heavy (non-hydrogen) atoms. The lowest BCUT2D eigenvalue weighted by molar-refractivity contribution is 0.111. The fraction of sp³-hybridized carbons (Fsp3) is 0.400. The van der Waals surface area contributed by atoms with E-state index in [9.17, 15) is 8.78 Å². The molecule has 0 aliphatic carbocycles. The lowest BCUT2D eigenvalue weighted by atomic mass is 9.88. The molecule has 0 heterocycles. The Bertz CT molecular complexity index is 357. The summed E-state index contributed by atoms with van der Waals surface area (Å²) in [6.07, 6.45) is -1.71. The van der Waals surface area contributed by atoms with Gasteiger partial charge in [0.05, 0.1) is 12.1 Å². The molecule has 0 spiro atoms. The number of halogens is 3. The number of hydrogen-bond acceptors (Lipinski definition) is 2. The Hall–Kier alpha value is -0.520. The van der Waals surface area contributed by atoms with Gasteiger partial charge in [-0.15, -0.1) is 0 Å². The maximum atomic E-state index is 13.4. The summed E-state index contributed by atoms with van der Waals surface area (Å²) in [6.45, 7) is 0.609. The highest BCUT2D eigenvalue weighted by molar-refractivity contribution is 9.10. The fourth-order valence-corrected chi connectivity index (χ4v) is 1.63. The van der Waals surface area contributed by atoms with Crippen molar-refractivity contribution in [3.05, 3.63) is 34.1 Å². The van der Waals surface area contributed by atoms with Crippen LogP contribution in [0.3, 0.4) is 0 Å². The van der Waals surface area contributed by atoms with E-state index in [2.05, 4.69) is 15.9 Å². The van der Waals surface area contributed by atoms with Crippen LogP contribution >= 0.6 is 15.9 Å². The first-order chi connectivity index (χ1) is 6.89. The maximum Gasteiger partial charge on any atom is 0.145 e. The summed E-state index contributed by atoms with van der Waals surface area (Å²) >= 11 is 3.15. The molecule has 0 unspecified atom stereocenters. The van der Waals surface area contributed by atoms with Crippen LogP contribution in [0.1, 0.15) is 12.5 Å². The summed E-state index contributed by atoms with van der Waals surface area (Å²) in [5.74, 6) is -0.584. The first-order valence-corrected chi connectivity index (χ1v) is 5.18. The zero-order valence-electron chi connectivity index (χ0n) is 8.17. The predicted octanol–water partition coefficient (Wildman–Crippen LogP) is 2.09. The van der Waals surface area contributed by atoms with Crippen molar-refractivity contribution in [3.63, 3.8) is 0 Å². The van der Waals surface area contributed by atoms with Crippen LogP contribution in [-0.2, 0) is 5.54 Å². The van der Waals surface area contributed by atoms with E-state index >= 15 is 0 Å². The van der Waals surface area contributed by atoms with Gasteiger partial charge in [0, 0.05) is 10.0 Å². The van der Waals surface area contributed by atoms with Gasteiger partial charge in [0.15, 0.2) is 0 Å². The molecule has 2 atom stereocenters. The van der Waals surface area contributed by atoms with Gasteiger partial charge in [-0.25, -0.2) is 8.78 Å². The first kappa shape index (κ1) is 12.5. The molecule has 0 amide bonds. The third-order valence-corrected chi connectivity index (χ3v) is 2.81. The third kappa shape index (κ3) is 2.53. The number of aliphatic hydroxyl groups is 1. The van der Waals surface area contributed by atoms with Gasteiger partial charge in [-0.1, -0.05) is 15.9 Å². The molecular weight excluding hydrogens is 268 g/mol. The van der Waals surface area contributed by atoms with Crippen LogP contribution in [-0.4, -0.2) is 17.9 Å². The molecule has 0 bridgehead atoms. The van der Waals surface area contributed by atoms with Crippen molar-refractivity contribution < 1.29 is 13.9 Å². The zero-order valence-corrected chi connectivity index (χ0v) is 9.76. The lowest BCUT2D eigenvalue weighted by Crippen LogP contribution is -2.45. The van der Waals surface area contributed by atoms with Gasteiger partial charge in [-0.2, -0.15) is 0 Å². The van der Waals surface area contributed by atoms with Gasteiger partial charge < -0.3 is 10.8 Å². The zero-order chi connectivity index (χ0) is 11.6. The number of aliphatic hydroxyl groups excluding tert-OH is 1. The smallest absolute Gasteiger partial charge is 0.145 e. The molecule has 0 saturated carbocycles. The molecule has 3 N–H and O–H groups in total. The molecule has 0 aliphatic heterocycles. The minimum absolute atomic E-state index is 0.0402. The Kier molecular flexibility index (Phi) is 3.81. The van der Waals surface area contributed by atoms with E-state index in [1.165, 1.54) is 25.1 Å². The van der Waals surface area contributed by atoms with Gasteiger partial charge in [-0.3, -0.25) is 0 Å². The monoisotopic (exact) mass is 279 g/mol. The van der Waals surface area contributed by atoms with Crippen LogP contribution in [0.5, 0.6) is 0 Å². The molecule has 1 aromatic rings. The topological polar surface area (TPSA) is 46.2 Å². The Morgan fingerprint density at radius 1 is 1.60 bits per heavy atom. The molecule has 1 aromatic carbocycles. The number of nitrogens with two attached hydrogens (primary N) is 1. The number of benzene rings is 1. The largest absolute Gasteiger partial charge is 0.393 e. The van der Waals surface area contributed by atoms with Gasteiger partial charge >= 0.3 is 0 Å². The van der Waals surface area contributed by atoms with E-state index < -0.39 is 24.1 Å². The first-order valence-electron chi connectivity index (χ1n) is 4.39. The summed E-state index contributed by atoms with van der Waals surface area (Å²) in [5.41, 5.74) is 4.17. The van der Waals surface area contributed by atoms with Crippen LogP contribution in [0.25, 0.3) is 0 Å². The Morgan fingerprint density at radius 2 is 2.20 bits per heavy atom. The molecule has 5 heteroatoms. The van der Waals surface area contributed by atoms with Gasteiger partial charge in [0.25, 0.3) is 0 Å². The molecule has 1 rings (SSSR count). The van der Waals surface area contributed by atoms with Gasteiger partial charge in [0.2, 0.25) is 0 Å². The van der Waals surface area contributed by atoms with Crippen molar-refractivity contribution in [2.75, 3.05) is 6.61 Å². The average Bonchev–Trinajstić information content (AvgIpc) is 2.20. The summed E-state index contributed by atoms with van der Waals surface area (Å²) in [4.78, 5) is 0. The van der Waals surface area contributed by atoms with E-state index in [-0.39, 0.29) is 5.56 Å². The van der Waals surface area contributed by atoms with Crippen LogP contribution in [0.4, 0.5) is 8.78 Å². The van der Waals surface area contributed by atoms with Gasteiger partial charge in [-0.05, 0) is 25.1 Å². The second kappa shape index (κ2) is 4.55.